The molecule has 0 saturated heterocycles. The fraction of sp³-hybridized carbons (Fsp3) is 0.524. The fourth-order valence-corrected chi connectivity index (χ4v) is 3.11. The van der Waals surface area contributed by atoms with Crippen LogP contribution in [0, 0.1) is 13.8 Å². The molecule has 0 aliphatic rings. The number of hydrogen-bond acceptors (Lipinski definition) is 3. The fourth-order valence-electron chi connectivity index (χ4n) is 3.11. The summed E-state index contributed by atoms with van der Waals surface area (Å²) < 4.78 is 1.92. The van der Waals surface area contributed by atoms with Crippen LogP contribution in [0.25, 0.3) is 0 Å². The van der Waals surface area contributed by atoms with Gasteiger partial charge in [0.05, 0.1) is 5.69 Å². The molecule has 0 bridgehead atoms. The van der Waals surface area contributed by atoms with Gasteiger partial charge in [0, 0.05) is 51.0 Å². The Morgan fingerprint density at radius 1 is 1.21 bits per heavy atom. The number of aromatic nitrogens is 2. The highest BCUT2D eigenvalue weighted by atomic mass is 127. The molecule has 7 heteroatoms. The number of aliphatic imine (C=N–C) groups is 1. The third kappa shape index (κ3) is 7.09. The molecule has 1 unspecified atom stereocenters. The van der Waals surface area contributed by atoms with Crippen LogP contribution < -0.4 is 10.6 Å². The Kier molecular flexibility index (Phi) is 10.5. The molecule has 28 heavy (non-hydrogen) atoms. The van der Waals surface area contributed by atoms with E-state index in [1.807, 2.05) is 25.7 Å². The van der Waals surface area contributed by atoms with E-state index in [4.69, 9.17) is 0 Å². The second kappa shape index (κ2) is 12.1. The van der Waals surface area contributed by atoms with E-state index >= 15 is 0 Å². The maximum atomic E-state index is 4.46. The van der Waals surface area contributed by atoms with Gasteiger partial charge in [-0.15, -0.1) is 24.0 Å². The summed E-state index contributed by atoms with van der Waals surface area (Å²) in [5.74, 6) is 0.829. The van der Waals surface area contributed by atoms with E-state index in [2.05, 4.69) is 76.9 Å². The van der Waals surface area contributed by atoms with E-state index in [9.17, 15) is 0 Å². The predicted molar refractivity (Wildman–Crippen MR) is 128 cm³/mol. The normalized spacial score (nSPS) is 12.6. The summed E-state index contributed by atoms with van der Waals surface area (Å²) in [4.78, 5) is 6.72. The van der Waals surface area contributed by atoms with Crippen molar-refractivity contribution in [1.82, 2.24) is 25.3 Å². The van der Waals surface area contributed by atoms with Crippen LogP contribution in [-0.4, -0.2) is 47.3 Å². The zero-order valence-corrected chi connectivity index (χ0v) is 20.3. The molecule has 0 radical (unpaired) electrons. The minimum atomic E-state index is 0. The molecule has 0 spiro atoms. The van der Waals surface area contributed by atoms with Crippen molar-refractivity contribution in [3.05, 3.63) is 52.8 Å². The molecular weight excluding hydrogens is 463 g/mol. The minimum Gasteiger partial charge on any atom is -0.356 e. The summed E-state index contributed by atoms with van der Waals surface area (Å²) in [6, 6.07) is 11.1. The Labute approximate surface area is 186 Å². The van der Waals surface area contributed by atoms with Crippen molar-refractivity contribution in [2.24, 2.45) is 12.0 Å². The first kappa shape index (κ1) is 24.4. The van der Waals surface area contributed by atoms with Gasteiger partial charge >= 0.3 is 0 Å². The van der Waals surface area contributed by atoms with Crippen LogP contribution in [0.2, 0.25) is 0 Å². The van der Waals surface area contributed by atoms with Gasteiger partial charge in [-0.1, -0.05) is 30.3 Å². The molecule has 1 heterocycles. The van der Waals surface area contributed by atoms with Crippen molar-refractivity contribution in [1.29, 1.82) is 0 Å². The molecule has 156 valence electrons. The smallest absolute Gasteiger partial charge is 0.191 e. The Balaban J connectivity index is 0.00000392. The summed E-state index contributed by atoms with van der Waals surface area (Å²) in [5.41, 5.74) is 4.83. The second-order valence-electron chi connectivity index (χ2n) is 7.16. The first-order valence-corrected chi connectivity index (χ1v) is 9.60. The van der Waals surface area contributed by atoms with Gasteiger partial charge in [-0.2, -0.15) is 5.10 Å². The molecule has 1 aromatic carbocycles. The van der Waals surface area contributed by atoms with E-state index in [0.29, 0.717) is 6.04 Å². The number of aryl methyl sites for hydroxylation is 2. The van der Waals surface area contributed by atoms with Gasteiger partial charge < -0.3 is 10.6 Å². The zero-order chi connectivity index (χ0) is 19.8. The van der Waals surface area contributed by atoms with E-state index in [-0.39, 0.29) is 24.0 Å². The van der Waals surface area contributed by atoms with Crippen molar-refractivity contribution in [3.63, 3.8) is 0 Å². The Hall–Kier alpha value is -1.61. The molecule has 2 N–H and O–H groups in total. The number of guanidine groups is 1. The minimum absolute atomic E-state index is 0. The maximum Gasteiger partial charge on any atom is 0.191 e. The predicted octanol–water partition coefficient (Wildman–Crippen LogP) is 3.23. The van der Waals surface area contributed by atoms with E-state index in [1.54, 1.807) is 0 Å². The van der Waals surface area contributed by atoms with E-state index < -0.39 is 0 Å². The van der Waals surface area contributed by atoms with E-state index in [1.165, 1.54) is 16.8 Å². The Bertz CT molecular complexity index is 741. The number of benzene rings is 1. The maximum absolute atomic E-state index is 4.46. The monoisotopic (exact) mass is 498 g/mol. The highest BCUT2D eigenvalue weighted by Crippen LogP contribution is 2.11. The standard InChI is InChI=1S/C21H34N6.HI/c1-16(26(5)15-19-10-8-7-9-11-19)12-13-23-21(22-4)24-14-20-17(2)25-27(6)18(20)3;/h7-11,16H,12-15H2,1-6H3,(H2,22,23,24);1H. The van der Waals surface area contributed by atoms with Gasteiger partial charge in [-0.05, 0) is 39.8 Å². The number of nitrogens with one attached hydrogen (secondary N) is 2. The van der Waals surface area contributed by atoms with Crippen LogP contribution in [-0.2, 0) is 20.1 Å². The number of hydrogen-bond donors (Lipinski definition) is 2. The molecule has 0 saturated carbocycles. The highest BCUT2D eigenvalue weighted by molar-refractivity contribution is 14.0. The Morgan fingerprint density at radius 3 is 2.46 bits per heavy atom. The topological polar surface area (TPSA) is 57.5 Å². The third-order valence-corrected chi connectivity index (χ3v) is 5.20. The number of nitrogens with zero attached hydrogens (tertiary/aromatic N) is 4. The second-order valence-corrected chi connectivity index (χ2v) is 7.16. The summed E-state index contributed by atoms with van der Waals surface area (Å²) >= 11 is 0. The summed E-state index contributed by atoms with van der Waals surface area (Å²) in [7, 11) is 5.97. The number of rotatable bonds is 8. The largest absolute Gasteiger partial charge is 0.356 e. The third-order valence-electron chi connectivity index (χ3n) is 5.20. The first-order valence-electron chi connectivity index (χ1n) is 9.60. The lowest BCUT2D eigenvalue weighted by Crippen LogP contribution is -2.39. The molecule has 0 aliphatic heterocycles. The van der Waals surface area contributed by atoms with Crippen LogP contribution in [0.3, 0.4) is 0 Å². The van der Waals surface area contributed by atoms with Crippen LogP contribution in [0.4, 0.5) is 0 Å². The molecule has 1 aromatic heterocycles. The molecule has 1 atom stereocenters. The summed E-state index contributed by atoms with van der Waals surface area (Å²) in [6.45, 7) is 8.99. The van der Waals surface area contributed by atoms with Gasteiger partial charge in [0.25, 0.3) is 0 Å². The molecule has 6 nitrogen and oxygen atoms in total. The van der Waals surface area contributed by atoms with Crippen LogP contribution >= 0.6 is 24.0 Å². The van der Waals surface area contributed by atoms with Gasteiger partial charge in [-0.3, -0.25) is 14.6 Å². The quantitative estimate of drug-likeness (QED) is 0.334. The average Bonchev–Trinajstić information content (AvgIpc) is 2.90. The van der Waals surface area contributed by atoms with Crippen molar-refractivity contribution in [2.75, 3.05) is 20.6 Å². The molecule has 0 amide bonds. The lowest BCUT2D eigenvalue weighted by molar-refractivity contribution is 0.238. The summed E-state index contributed by atoms with van der Waals surface area (Å²) in [5, 5.41) is 11.3. The zero-order valence-electron chi connectivity index (χ0n) is 18.0. The van der Waals surface area contributed by atoms with Crippen molar-refractivity contribution >= 4 is 29.9 Å². The van der Waals surface area contributed by atoms with Crippen molar-refractivity contribution in [2.45, 2.75) is 46.3 Å². The highest BCUT2D eigenvalue weighted by Gasteiger charge is 2.11. The van der Waals surface area contributed by atoms with E-state index in [0.717, 1.165) is 37.7 Å². The summed E-state index contributed by atoms with van der Waals surface area (Å²) in [6.07, 6.45) is 1.05. The lowest BCUT2D eigenvalue weighted by Gasteiger charge is -2.25. The first-order chi connectivity index (χ1) is 12.9. The van der Waals surface area contributed by atoms with Gasteiger partial charge in [0.2, 0.25) is 0 Å². The average molecular weight is 498 g/mol. The molecular formula is C21H35IN6. The molecule has 2 aromatic rings. The van der Waals surface area contributed by atoms with Gasteiger partial charge in [0.15, 0.2) is 5.96 Å². The SMILES string of the molecule is CN=C(NCCC(C)N(C)Cc1ccccc1)NCc1c(C)nn(C)c1C.I. The van der Waals surface area contributed by atoms with Crippen LogP contribution in [0.15, 0.2) is 35.3 Å². The molecule has 2 rings (SSSR count). The molecule has 0 aliphatic carbocycles. The number of halogens is 1. The molecule has 0 fully saturated rings. The van der Waals surface area contributed by atoms with Crippen molar-refractivity contribution < 1.29 is 0 Å². The lowest BCUT2D eigenvalue weighted by atomic mass is 10.1. The Morgan fingerprint density at radius 2 is 1.89 bits per heavy atom. The van der Waals surface area contributed by atoms with Gasteiger partial charge in [-0.25, -0.2) is 0 Å². The van der Waals surface area contributed by atoms with Crippen LogP contribution in [0.5, 0.6) is 0 Å². The van der Waals surface area contributed by atoms with Gasteiger partial charge in [0.1, 0.15) is 0 Å². The van der Waals surface area contributed by atoms with Crippen LogP contribution in [0.1, 0.15) is 35.9 Å². The van der Waals surface area contributed by atoms with Crippen molar-refractivity contribution in [3.8, 4) is 0 Å².